The molecule has 2 aliphatic rings. The van der Waals surface area contributed by atoms with Crippen LogP contribution in [0.2, 0.25) is 0 Å². The van der Waals surface area contributed by atoms with Crippen LogP contribution in [-0.4, -0.2) is 45.3 Å². The minimum absolute atomic E-state index is 0.133. The van der Waals surface area contributed by atoms with Crippen molar-refractivity contribution in [3.05, 3.63) is 47.9 Å². The second-order valence-electron chi connectivity index (χ2n) is 6.22. The van der Waals surface area contributed by atoms with Crippen LogP contribution in [0.5, 0.6) is 0 Å². The Labute approximate surface area is 132 Å². The summed E-state index contributed by atoms with van der Waals surface area (Å²) in [5.41, 5.74) is 0.734. The van der Waals surface area contributed by atoms with Gasteiger partial charge in [-0.3, -0.25) is 14.6 Å². The van der Waals surface area contributed by atoms with E-state index in [9.17, 15) is 9.59 Å². The second kappa shape index (κ2) is 4.91. The molecule has 2 unspecified atom stereocenters. The van der Waals surface area contributed by atoms with Gasteiger partial charge in [-0.25, -0.2) is 4.98 Å². The number of rotatable bonds is 3. The van der Waals surface area contributed by atoms with E-state index in [0.717, 1.165) is 12.1 Å². The zero-order chi connectivity index (χ0) is 16.0. The number of carbonyl (C=O) groups excluding carboxylic acids is 2. The summed E-state index contributed by atoms with van der Waals surface area (Å²) in [5.74, 6) is 0.249. The highest BCUT2D eigenvalue weighted by molar-refractivity contribution is 5.94. The lowest BCUT2D eigenvalue weighted by Gasteiger charge is -2.20. The minimum atomic E-state index is -0.327. The van der Waals surface area contributed by atoms with E-state index in [1.165, 1.54) is 12.5 Å². The van der Waals surface area contributed by atoms with Crippen molar-refractivity contribution in [2.24, 2.45) is 5.92 Å². The Morgan fingerprint density at radius 3 is 2.96 bits per heavy atom. The average Bonchev–Trinajstić information content (AvgIpc) is 2.96. The molecular weight excluding hydrogens is 296 g/mol. The molecule has 2 amide bonds. The van der Waals surface area contributed by atoms with Gasteiger partial charge in [0.25, 0.3) is 11.8 Å². The fraction of sp³-hybridized carbons (Fsp3) is 0.375. The van der Waals surface area contributed by atoms with Crippen molar-refractivity contribution in [2.75, 3.05) is 13.1 Å². The van der Waals surface area contributed by atoms with Crippen LogP contribution in [0.25, 0.3) is 0 Å². The predicted octanol–water partition coefficient (Wildman–Crippen LogP) is 1.02. The van der Waals surface area contributed by atoms with Gasteiger partial charge in [-0.2, -0.15) is 0 Å². The van der Waals surface area contributed by atoms with Crippen molar-refractivity contribution in [1.29, 1.82) is 0 Å². The van der Waals surface area contributed by atoms with Crippen LogP contribution < -0.4 is 5.32 Å². The van der Waals surface area contributed by atoms with Gasteiger partial charge in [-0.05, 0) is 25.5 Å². The first-order chi connectivity index (χ1) is 11.1. The monoisotopic (exact) mass is 312 g/mol. The summed E-state index contributed by atoms with van der Waals surface area (Å²) in [6.07, 6.45) is 5.41. The Morgan fingerprint density at radius 2 is 2.26 bits per heavy atom. The van der Waals surface area contributed by atoms with Crippen molar-refractivity contribution in [3.8, 4) is 0 Å². The molecule has 1 saturated carbocycles. The summed E-state index contributed by atoms with van der Waals surface area (Å²) in [4.78, 5) is 34.5. The lowest BCUT2D eigenvalue weighted by atomic mass is 10.2. The Balaban J connectivity index is 1.44. The van der Waals surface area contributed by atoms with Crippen molar-refractivity contribution < 1.29 is 14.0 Å². The van der Waals surface area contributed by atoms with Crippen LogP contribution in [0, 0.1) is 12.8 Å². The maximum atomic E-state index is 12.3. The lowest BCUT2D eigenvalue weighted by molar-refractivity contribution is 0.0729. The van der Waals surface area contributed by atoms with Gasteiger partial charge in [0.05, 0.1) is 23.7 Å². The van der Waals surface area contributed by atoms with Gasteiger partial charge in [0.1, 0.15) is 5.69 Å². The molecule has 0 spiro atoms. The number of amides is 2. The minimum Gasteiger partial charge on any atom is -0.459 e. The first-order valence-corrected chi connectivity index (χ1v) is 7.51. The normalized spacial score (nSPS) is 25.1. The van der Waals surface area contributed by atoms with E-state index >= 15 is 0 Å². The third-order valence-electron chi connectivity index (χ3n) is 4.54. The number of aromatic nitrogens is 2. The molecule has 7 heteroatoms. The largest absolute Gasteiger partial charge is 0.459 e. The lowest BCUT2D eigenvalue weighted by Crippen LogP contribution is -2.43. The van der Waals surface area contributed by atoms with Crippen molar-refractivity contribution in [2.45, 2.75) is 18.9 Å². The van der Waals surface area contributed by atoms with Gasteiger partial charge in [0.15, 0.2) is 5.76 Å². The quantitative estimate of drug-likeness (QED) is 0.914. The third-order valence-corrected chi connectivity index (χ3v) is 4.54. The Bertz CT molecular complexity index is 756. The molecule has 1 N–H and O–H groups in total. The van der Waals surface area contributed by atoms with Crippen LogP contribution in [0.4, 0.5) is 0 Å². The highest BCUT2D eigenvalue weighted by Gasteiger charge is 2.62. The molecule has 2 aromatic heterocycles. The summed E-state index contributed by atoms with van der Waals surface area (Å²) in [5, 5.41) is 3.03. The first-order valence-electron chi connectivity index (χ1n) is 7.51. The van der Waals surface area contributed by atoms with Gasteiger partial charge in [-0.1, -0.05) is 0 Å². The molecule has 1 aliphatic heterocycles. The summed E-state index contributed by atoms with van der Waals surface area (Å²) in [7, 11) is 0. The van der Waals surface area contributed by atoms with Crippen LogP contribution in [0.1, 0.15) is 33.2 Å². The number of nitrogens with one attached hydrogen (secondary N) is 1. The molecule has 1 saturated heterocycles. The van der Waals surface area contributed by atoms with Gasteiger partial charge in [-0.15, -0.1) is 0 Å². The molecule has 7 nitrogen and oxygen atoms in total. The Kier molecular flexibility index (Phi) is 2.97. The topological polar surface area (TPSA) is 88.3 Å². The molecule has 2 aromatic rings. The molecule has 1 aliphatic carbocycles. The second-order valence-corrected chi connectivity index (χ2v) is 6.22. The maximum Gasteiger partial charge on any atom is 0.289 e. The molecule has 2 atom stereocenters. The van der Waals surface area contributed by atoms with Crippen molar-refractivity contribution in [3.63, 3.8) is 0 Å². The molecule has 0 aromatic carbocycles. The van der Waals surface area contributed by atoms with Crippen LogP contribution in [0.15, 0.2) is 35.2 Å². The average molecular weight is 312 g/mol. The van der Waals surface area contributed by atoms with Gasteiger partial charge in [0.2, 0.25) is 0 Å². The summed E-state index contributed by atoms with van der Waals surface area (Å²) < 4.78 is 5.16. The molecule has 23 heavy (non-hydrogen) atoms. The van der Waals surface area contributed by atoms with Crippen LogP contribution >= 0.6 is 0 Å². The summed E-state index contributed by atoms with van der Waals surface area (Å²) in [6.45, 7) is 2.96. The smallest absolute Gasteiger partial charge is 0.289 e. The van der Waals surface area contributed by atoms with E-state index in [2.05, 4.69) is 15.3 Å². The van der Waals surface area contributed by atoms with Crippen LogP contribution in [0.3, 0.4) is 0 Å². The fourth-order valence-corrected chi connectivity index (χ4v) is 3.19. The Hall–Kier alpha value is -2.70. The molecule has 4 rings (SSSR count). The van der Waals surface area contributed by atoms with E-state index in [1.54, 1.807) is 23.2 Å². The SMILES string of the molecule is Cc1cnc(C(=O)NC23CC2CN(C(=O)c2ccco2)C3)cn1. The number of aryl methyl sites for hydroxylation is 1. The number of hydrogen-bond donors (Lipinski definition) is 1. The molecule has 118 valence electrons. The Morgan fingerprint density at radius 1 is 1.39 bits per heavy atom. The number of carbonyl (C=O) groups is 2. The predicted molar refractivity (Wildman–Crippen MR) is 79.7 cm³/mol. The number of nitrogens with zero attached hydrogens (tertiary/aromatic N) is 3. The number of hydrogen-bond acceptors (Lipinski definition) is 5. The van der Waals surface area contributed by atoms with E-state index in [-0.39, 0.29) is 17.4 Å². The van der Waals surface area contributed by atoms with E-state index in [4.69, 9.17) is 4.42 Å². The van der Waals surface area contributed by atoms with E-state index < -0.39 is 0 Å². The molecule has 2 fully saturated rings. The van der Waals surface area contributed by atoms with Gasteiger partial charge < -0.3 is 14.6 Å². The zero-order valence-corrected chi connectivity index (χ0v) is 12.7. The molecule has 3 heterocycles. The number of likely N-dealkylation sites (tertiary alicyclic amines) is 1. The standard InChI is InChI=1S/C16H16N4O3/c1-10-6-18-12(7-17-10)14(21)19-16-5-11(16)8-20(9-16)15(22)13-3-2-4-23-13/h2-4,6-7,11H,5,8-9H2,1H3,(H,19,21). The molecule has 0 bridgehead atoms. The summed E-state index contributed by atoms with van der Waals surface area (Å²) in [6, 6.07) is 3.34. The van der Waals surface area contributed by atoms with E-state index in [0.29, 0.717) is 30.5 Å². The van der Waals surface area contributed by atoms with E-state index in [1.807, 2.05) is 6.92 Å². The summed E-state index contributed by atoms with van der Waals surface area (Å²) >= 11 is 0. The molecule has 0 radical (unpaired) electrons. The fourth-order valence-electron chi connectivity index (χ4n) is 3.19. The van der Waals surface area contributed by atoms with Crippen LogP contribution in [-0.2, 0) is 0 Å². The number of furan rings is 1. The van der Waals surface area contributed by atoms with Gasteiger partial charge >= 0.3 is 0 Å². The van der Waals surface area contributed by atoms with Crippen molar-refractivity contribution in [1.82, 2.24) is 20.2 Å². The van der Waals surface area contributed by atoms with Gasteiger partial charge in [0, 0.05) is 25.2 Å². The number of piperidine rings is 1. The molecular formula is C16H16N4O3. The van der Waals surface area contributed by atoms with Crippen molar-refractivity contribution >= 4 is 11.8 Å². The maximum absolute atomic E-state index is 12.3. The highest BCUT2D eigenvalue weighted by Crippen LogP contribution is 2.49. The number of fused-ring (bicyclic) bond motifs is 1. The zero-order valence-electron chi connectivity index (χ0n) is 12.7. The highest BCUT2D eigenvalue weighted by atomic mass is 16.3. The first kappa shape index (κ1) is 13.9. The third kappa shape index (κ3) is 2.38.